The van der Waals surface area contributed by atoms with Crippen LogP contribution in [-0.2, 0) is 0 Å². The van der Waals surface area contributed by atoms with Gasteiger partial charge in [0.15, 0.2) is 5.13 Å². The van der Waals surface area contributed by atoms with Crippen molar-refractivity contribution < 1.29 is 0 Å². The highest BCUT2D eigenvalue weighted by atomic mass is 35.5. The normalized spacial score (nSPS) is 11.3. The van der Waals surface area contributed by atoms with E-state index >= 15 is 0 Å². The Kier molecular flexibility index (Phi) is 2.88. The summed E-state index contributed by atoms with van der Waals surface area (Å²) in [5.74, 6) is 0. The van der Waals surface area contributed by atoms with Crippen molar-refractivity contribution in [3.8, 4) is 5.13 Å². The summed E-state index contributed by atoms with van der Waals surface area (Å²) in [4.78, 5) is 31.0. The molecule has 2 heterocycles. The number of halogens is 1. The van der Waals surface area contributed by atoms with Gasteiger partial charge in [-0.2, -0.15) is 0 Å². The molecule has 0 saturated carbocycles. The highest BCUT2D eigenvalue weighted by Crippen LogP contribution is 2.26. The Hall–Kier alpha value is -2.44. The van der Waals surface area contributed by atoms with Gasteiger partial charge in [-0.1, -0.05) is 35.1 Å². The van der Waals surface area contributed by atoms with E-state index in [4.69, 9.17) is 11.6 Å². The van der Waals surface area contributed by atoms with E-state index in [2.05, 4.69) is 9.97 Å². The second-order valence-corrected chi connectivity index (χ2v) is 6.17. The van der Waals surface area contributed by atoms with Crippen LogP contribution < -0.4 is 11.2 Å². The largest absolute Gasteiger partial charge is 0.335 e. The first-order chi connectivity index (χ1) is 10.6. The molecule has 4 rings (SSSR count). The standard InChI is InChI=1S/C15H8ClN3O2S/c16-8-5-6-9-11(7-8)19(14(21)18-13(9)20)15-17-10-3-1-2-4-12(10)22-15/h1-7H,(H,18,20,21). The lowest BCUT2D eigenvalue weighted by atomic mass is 10.2. The van der Waals surface area contributed by atoms with Crippen LogP contribution in [0.15, 0.2) is 52.1 Å². The van der Waals surface area contributed by atoms with Crippen LogP contribution in [-0.4, -0.2) is 14.5 Å². The highest BCUT2D eigenvalue weighted by molar-refractivity contribution is 7.20. The van der Waals surface area contributed by atoms with E-state index < -0.39 is 11.2 Å². The van der Waals surface area contributed by atoms with Crippen molar-refractivity contribution in [3.63, 3.8) is 0 Å². The van der Waals surface area contributed by atoms with E-state index in [1.165, 1.54) is 15.9 Å². The molecule has 0 aliphatic carbocycles. The number of nitrogens with one attached hydrogen (secondary N) is 1. The van der Waals surface area contributed by atoms with Crippen LogP contribution in [0.2, 0.25) is 5.02 Å². The lowest BCUT2D eigenvalue weighted by Gasteiger charge is -2.06. The molecular weight excluding hydrogens is 322 g/mol. The number of benzene rings is 2. The molecular formula is C15H8ClN3O2S. The van der Waals surface area contributed by atoms with E-state index in [-0.39, 0.29) is 0 Å². The zero-order chi connectivity index (χ0) is 15.3. The fraction of sp³-hybridized carbons (Fsp3) is 0. The van der Waals surface area contributed by atoms with Crippen LogP contribution in [0.5, 0.6) is 0 Å². The third-order valence-electron chi connectivity index (χ3n) is 3.34. The molecule has 0 radical (unpaired) electrons. The molecule has 0 fully saturated rings. The molecule has 0 aliphatic rings. The van der Waals surface area contributed by atoms with Gasteiger partial charge in [0.2, 0.25) is 0 Å². The number of hydrogen-bond donors (Lipinski definition) is 1. The summed E-state index contributed by atoms with van der Waals surface area (Å²) in [6, 6.07) is 12.4. The number of aromatic amines is 1. The predicted octanol–water partition coefficient (Wildman–Crippen LogP) is 2.94. The maximum Gasteiger partial charge on any atom is 0.335 e. The quantitative estimate of drug-likeness (QED) is 0.584. The molecule has 0 amide bonds. The summed E-state index contributed by atoms with van der Waals surface area (Å²) in [6.07, 6.45) is 0. The number of thiazole rings is 1. The molecule has 1 N–H and O–H groups in total. The Morgan fingerprint density at radius 3 is 2.77 bits per heavy atom. The molecule has 0 spiro atoms. The van der Waals surface area contributed by atoms with Gasteiger partial charge in [-0.15, -0.1) is 0 Å². The molecule has 5 nitrogen and oxygen atoms in total. The number of H-pyrrole nitrogens is 1. The number of aromatic nitrogens is 3. The van der Waals surface area contributed by atoms with Crippen molar-refractivity contribution in [2.75, 3.05) is 0 Å². The Bertz CT molecular complexity index is 1110. The number of fused-ring (bicyclic) bond motifs is 2. The first-order valence-electron chi connectivity index (χ1n) is 6.44. The zero-order valence-corrected chi connectivity index (χ0v) is 12.6. The monoisotopic (exact) mass is 329 g/mol. The second-order valence-electron chi connectivity index (χ2n) is 4.72. The summed E-state index contributed by atoms with van der Waals surface area (Å²) >= 11 is 7.39. The average Bonchev–Trinajstić information content (AvgIpc) is 2.90. The molecule has 0 unspecified atom stereocenters. The third-order valence-corrected chi connectivity index (χ3v) is 4.60. The van der Waals surface area contributed by atoms with Crippen LogP contribution in [0.4, 0.5) is 0 Å². The molecule has 22 heavy (non-hydrogen) atoms. The summed E-state index contributed by atoms with van der Waals surface area (Å²) in [7, 11) is 0. The van der Waals surface area contributed by atoms with Crippen molar-refractivity contribution in [3.05, 3.63) is 68.3 Å². The number of nitrogens with zero attached hydrogens (tertiary/aromatic N) is 2. The molecule has 2 aromatic carbocycles. The van der Waals surface area contributed by atoms with Crippen molar-refractivity contribution in [1.29, 1.82) is 0 Å². The number of hydrogen-bond acceptors (Lipinski definition) is 4. The minimum absolute atomic E-state index is 0.392. The smallest absolute Gasteiger partial charge is 0.273 e. The average molecular weight is 330 g/mol. The zero-order valence-electron chi connectivity index (χ0n) is 11.0. The maximum absolute atomic E-state index is 12.3. The van der Waals surface area contributed by atoms with Gasteiger partial charge < -0.3 is 0 Å². The van der Waals surface area contributed by atoms with Gasteiger partial charge in [-0.25, -0.2) is 14.3 Å². The van der Waals surface area contributed by atoms with Crippen molar-refractivity contribution in [1.82, 2.24) is 14.5 Å². The Morgan fingerprint density at radius 2 is 1.95 bits per heavy atom. The summed E-state index contributed by atoms with van der Waals surface area (Å²) < 4.78 is 2.35. The van der Waals surface area contributed by atoms with E-state index in [1.807, 2.05) is 24.3 Å². The van der Waals surface area contributed by atoms with E-state index in [0.29, 0.717) is 21.1 Å². The van der Waals surface area contributed by atoms with Gasteiger partial charge in [0.05, 0.1) is 21.1 Å². The first kappa shape index (κ1) is 13.2. The lowest BCUT2D eigenvalue weighted by molar-refractivity contribution is 0.935. The molecule has 0 atom stereocenters. The maximum atomic E-state index is 12.3. The molecule has 2 aromatic heterocycles. The van der Waals surface area contributed by atoms with Crippen LogP contribution in [0.25, 0.3) is 26.3 Å². The number of para-hydroxylation sites is 1. The summed E-state index contributed by atoms with van der Waals surface area (Å²) in [5.41, 5.74) is 0.281. The van der Waals surface area contributed by atoms with Crippen molar-refractivity contribution in [2.45, 2.75) is 0 Å². The van der Waals surface area contributed by atoms with Gasteiger partial charge >= 0.3 is 5.69 Å². The molecule has 108 valence electrons. The van der Waals surface area contributed by atoms with Crippen molar-refractivity contribution >= 4 is 44.1 Å². The van der Waals surface area contributed by atoms with Gasteiger partial charge in [-0.05, 0) is 30.3 Å². The Labute approximate surface area is 132 Å². The van der Waals surface area contributed by atoms with Gasteiger partial charge in [-0.3, -0.25) is 9.78 Å². The molecule has 0 saturated heterocycles. The molecule has 0 aliphatic heterocycles. The summed E-state index contributed by atoms with van der Waals surface area (Å²) in [5, 5.41) is 1.34. The van der Waals surface area contributed by atoms with Gasteiger partial charge in [0, 0.05) is 5.02 Å². The number of rotatable bonds is 1. The van der Waals surface area contributed by atoms with Crippen LogP contribution in [0.3, 0.4) is 0 Å². The highest BCUT2D eigenvalue weighted by Gasteiger charge is 2.13. The van der Waals surface area contributed by atoms with Gasteiger partial charge in [0.25, 0.3) is 5.56 Å². The van der Waals surface area contributed by atoms with Crippen LogP contribution in [0, 0.1) is 0 Å². The fourth-order valence-corrected chi connectivity index (χ4v) is 3.50. The first-order valence-corrected chi connectivity index (χ1v) is 7.63. The van der Waals surface area contributed by atoms with Crippen LogP contribution >= 0.6 is 22.9 Å². The van der Waals surface area contributed by atoms with Crippen molar-refractivity contribution in [2.24, 2.45) is 0 Å². The third kappa shape index (κ3) is 1.96. The fourth-order valence-electron chi connectivity index (χ4n) is 2.36. The molecule has 0 bridgehead atoms. The summed E-state index contributed by atoms with van der Waals surface area (Å²) in [6.45, 7) is 0. The SMILES string of the molecule is O=c1[nH]c(=O)n(-c2nc3ccccc3s2)c2cc(Cl)ccc12. The Morgan fingerprint density at radius 1 is 1.14 bits per heavy atom. The molecule has 7 heteroatoms. The van der Waals surface area contributed by atoms with Crippen LogP contribution in [0.1, 0.15) is 0 Å². The minimum atomic E-state index is -0.529. The Balaban J connectivity index is 2.16. The second kappa shape index (κ2) is 4.79. The lowest BCUT2D eigenvalue weighted by Crippen LogP contribution is -2.29. The van der Waals surface area contributed by atoms with E-state index in [0.717, 1.165) is 10.2 Å². The van der Waals surface area contributed by atoms with E-state index in [9.17, 15) is 9.59 Å². The van der Waals surface area contributed by atoms with E-state index in [1.54, 1.807) is 18.2 Å². The topological polar surface area (TPSA) is 67.8 Å². The minimum Gasteiger partial charge on any atom is -0.273 e. The molecule has 4 aromatic rings. The predicted molar refractivity (Wildman–Crippen MR) is 88.4 cm³/mol. The van der Waals surface area contributed by atoms with Gasteiger partial charge in [0.1, 0.15) is 0 Å².